The lowest BCUT2D eigenvalue weighted by molar-refractivity contribution is 0.0283. The Bertz CT molecular complexity index is 505. The van der Waals surface area contributed by atoms with Gasteiger partial charge in [-0.05, 0) is 42.3 Å². The summed E-state index contributed by atoms with van der Waals surface area (Å²) in [7, 11) is 0. The normalized spacial score (nSPS) is 21.1. The fraction of sp³-hybridized carbons (Fsp3) is 1.00. The van der Waals surface area contributed by atoms with Gasteiger partial charge >= 0.3 is 6.80 Å². The molecule has 1 aliphatic rings. The molecule has 1 saturated heterocycles. The quantitative estimate of drug-likeness (QED) is 0.0935. The van der Waals surface area contributed by atoms with Crippen molar-refractivity contribution in [1.82, 2.24) is 0 Å². The first kappa shape index (κ1) is 32.5. The number of hydrogen-bond donors (Lipinski definition) is 0. The Kier molecular flexibility index (Phi) is 20.6. The molecular formula is C28H57O4PS. The van der Waals surface area contributed by atoms with Gasteiger partial charge < -0.3 is 9.26 Å². The van der Waals surface area contributed by atoms with Gasteiger partial charge in [0, 0.05) is 6.61 Å². The SMILES string of the molecule is CCCCCCCCOP(=O)(OCC1OCCC1C(CCCCCC)CCCCCCC)SC. The van der Waals surface area contributed by atoms with Gasteiger partial charge in [-0.3, -0.25) is 4.52 Å². The standard InChI is InChI=1S/C28H57O4PS/c1-5-8-11-14-16-19-23-31-33(29,34-4)32-25-28-27(22-24-30-28)26(20-17-13-10-7-3)21-18-15-12-9-6-2/h26-28H,5-25H2,1-4H3. The van der Waals surface area contributed by atoms with E-state index in [1.165, 1.54) is 108 Å². The van der Waals surface area contributed by atoms with E-state index in [0.717, 1.165) is 25.9 Å². The maximum Gasteiger partial charge on any atom is 0.388 e. The predicted octanol–water partition coefficient (Wildman–Crippen LogP) is 10.2. The van der Waals surface area contributed by atoms with Crippen LogP contribution in [0, 0.1) is 11.8 Å². The van der Waals surface area contributed by atoms with E-state index in [1.54, 1.807) is 0 Å². The highest BCUT2D eigenvalue weighted by atomic mass is 32.7. The van der Waals surface area contributed by atoms with Crippen molar-refractivity contribution in [2.45, 2.75) is 142 Å². The van der Waals surface area contributed by atoms with Crippen LogP contribution in [0.3, 0.4) is 0 Å². The molecule has 1 rings (SSSR count). The van der Waals surface area contributed by atoms with Crippen LogP contribution in [-0.2, 0) is 18.3 Å². The summed E-state index contributed by atoms with van der Waals surface area (Å²) in [6.07, 6.45) is 24.8. The van der Waals surface area contributed by atoms with E-state index >= 15 is 0 Å². The molecule has 0 bridgehead atoms. The van der Waals surface area contributed by atoms with Gasteiger partial charge in [0.15, 0.2) is 0 Å². The second kappa shape index (κ2) is 21.5. The van der Waals surface area contributed by atoms with E-state index in [9.17, 15) is 4.57 Å². The summed E-state index contributed by atoms with van der Waals surface area (Å²) in [6.45, 7) is 5.43. The Morgan fingerprint density at radius 3 is 1.91 bits per heavy atom. The predicted molar refractivity (Wildman–Crippen MR) is 150 cm³/mol. The van der Waals surface area contributed by atoms with E-state index in [-0.39, 0.29) is 6.10 Å². The number of rotatable bonds is 24. The minimum Gasteiger partial charge on any atom is -0.375 e. The van der Waals surface area contributed by atoms with Gasteiger partial charge in [-0.2, -0.15) is 0 Å². The van der Waals surface area contributed by atoms with Crippen LogP contribution >= 0.6 is 18.2 Å². The van der Waals surface area contributed by atoms with Gasteiger partial charge in [0.1, 0.15) is 0 Å². The fourth-order valence-electron chi connectivity index (χ4n) is 5.16. The van der Waals surface area contributed by atoms with Crippen molar-refractivity contribution in [1.29, 1.82) is 0 Å². The molecule has 4 unspecified atom stereocenters. The van der Waals surface area contributed by atoms with Crippen molar-refractivity contribution in [3.8, 4) is 0 Å². The molecule has 0 amide bonds. The van der Waals surface area contributed by atoms with Crippen molar-refractivity contribution in [2.24, 2.45) is 11.8 Å². The summed E-state index contributed by atoms with van der Waals surface area (Å²) in [4.78, 5) is 0. The van der Waals surface area contributed by atoms with E-state index in [2.05, 4.69) is 20.8 Å². The lowest BCUT2D eigenvalue weighted by Gasteiger charge is -2.29. The topological polar surface area (TPSA) is 44.8 Å². The Morgan fingerprint density at radius 2 is 1.32 bits per heavy atom. The Morgan fingerprint density at radius 1 is 0.794 bits per heavy atom. The highest BCUT2D eigenvalue weighted by Crippen LogP contribution is 2.59. The van der Waals surface area contributed by atoms with Crippen LogP contribution < -0.4 is 0 Å². The molecule has 0 spiro atoms. The Hall–Kier alpha value is 0.460. The zero-order valence-electron chi connectivity index (χ0n) is 23.1. The number of hydrogen-bond acceptors (Lipinski definition) is 5. The van der Waals surface area contributed by atoms with Crippen molar-refractivity contribution >= 4 is 18.2 Å². The molecule has 0 aliphatic carbocycles. The minimum atomic E-state index is -3.10. The molecule has 0 radical (unpaired) electrons. The number of unbranched alkanes of at least 4 members (excludes halogenated alkanes) is 12. The first-order valence-corrected chi connectivity index (χ1v) is 18.0. The summed E-state index contributed by atoms with van der Waals surface area (Å²) in [5.74, 6) is 1.23. The fourth-order valence-corrected chi connectivity index (χ4v) is 7.16. The summed E-state index contributed by atoms with van der Waals surface area (Å²) in [5, 5.41) is 0. The van der Waals surface area contributed by atoms with Gasteiger partial charge in [0.25, 0.3) is 0 Å². The molecule has 0 aromatic rings. The molecule has 1 heterocycles. The highest BCUT2D eigenvalue weighted by Gasteiger charge is 2.36. The molecule has 4 nitrogen and oxygen atoms in total. The summed E-state index contributed by atoms with van der Waals surface area (Å²) >= 11 is 1.23. The molecule has 204 valence electrons. The molecule has 4 atom stereocenters. The molecule has 0 aromatic carbocycles. The second-order valence-corrected chi connectivity index (χ2v) is 14.4. The third-order valence-corrected chi connectivity index (χ3v) is 10.7. The molecule has 0 aromatic heterocycles. The zero-order valence-corrected chi connectivity index (χ0v) is 24.8. The largest absolute Gasteiger partial charge is 0.388 e. The van der Waals surface area contributed by atoms with Crippen LogP contribution in [0.1, 0.15) is 136 Å². The van der Waals surface area contributed by atoms with Gasteiger partial charge in [0.2, 0.25) is 0 Å². The van der Waals surface area contributed by atoms with Crippen LogP contribution in [0.15, 0.2) is 0 Å². The summed E-state index contributed by atoms with van der Waals surface area (Å²) in [6, 6.07) is 0. The summed E-state index contributed by atoms with van der Waals surface area (Å²) < 4.78 is 31.0. The van der Waals surface area contributed by atoms with E-state index in [4.69, 9.17) is 13.8 Å². The van der Waals surface area contributed by atoms with Crippen LogP contribution in [0.2, 0.25) is 0 Å². The maximum atomic E-state index is 13.1. The maximum absolute atomic E-state index is 13.1. The lowest BCUT2D eigenvalue weighted by Crippen LogP contribution is -2.28. The van der Waals surface area contributed by atoms with Gasteiger partial charge in [-0.25, -0.2) is 4.57 Å². The van der Waals surface area contributed by atoms with E-state index in [0.29, 0.717) is 25.0 Å². The molecule has 0 saturated carbocycles. The molecule has 34 heavy (non-hydrogen) atoms. The first-order chi connectivity index (χ1) is 16.6. The lowest BCUT2D eigenvalue weighted by atomic mass is 9.80. The Labute approximate surface area is 216 Å². The van der Waals surface area contributed by atoms with E-state index < -0.39 is 6.80 Å². The first-order valence-electron chi connectivity index (χ1n) is 14.7. The monoisotopic (exact) mass is 520 g/mol. The number of ether oxygens (including phenoxy) is 1. The zero-order chi connectivity index (χ0) is 24.9. The molecule has 0 N–H and O–H groups in total. The van der Waals surface area contributed by atoms with Crippen LogP contribution in [-0.4, -0.2) is 32.2 Å². The Balaban J connectivity index is 2.50. The minimum absolute atomic E-state index is 0.0601. The van der Waals surface area contributed by atoms with Crippen LogP contribution in [0.4, 0.5) is 0 Å². The third kappa shape index (κ3) is 14.9. The second-order valence-electron chi connectivity index (χ2n) is 10.2. The van der Waals surface area contributed by atoms with Crippen LogP contribution in [0.5, 0.6) is 0 Å². The van der Waals surface area contributed by atoms with Crippen molar-refractivity contribution < 1.29 is 18.3 Å². The average Bonchev–Trinajstić information content (AvgIpc) is 3.32. The summed E-state index contributed by atoms with van der Waals surface area (Å²) in [5.41, 5.74) is 0. The van der Waals surface area contributed by atoms with Gasteiger partial charge in [-0.1, -0.05) is 124 Å². The highest BCUT2D eigenvalue weighted by molar-refractivity contribution is 8.54. The molecule has 1 aliphatic heterocycles. The van der Waals surface area contributed by atoms with E-state index in [1.807, 2.05) is 6.26 Å². The van der Waals surface area contributed by atoms with Crippen LogP contribution in [0.25, 0.3) is 0 Å². The molecule has 1 fully saturated rings. The average molecular weight is 521 g/mol. The molecular weight excluding hydrogens is 463 g/mol. The van der Waals surface area contributed by atoms with Crippen molar-refractivity contribution in [3.05, 3.63) is 0 Å². The van der Waals surface area contributed by atoms with Crippen molar-refractivity contribution in [3.63, 3.8) is 0 Å². The third-order valence-electron chi connectivity index (χ3n) is 7.34. The van der Waals surface area contributed by atoms with Gasteiger partial charge in [0.05, 0.1) is 19.3 Å². The molecule has 6 heteroatoms. The smallest absolute Gasteiger partial charge is 0.375 e. The van der Waals surface area contributed by atoms with Crippen molar-refractivity contribution in [2.75, 3.05) is 26.1 Å². The van der Waals surface area contributed by atoms with Gasteiger partial charge in [-0.15, -0.1) is 0 Å².